The van der Waals surface area contributed by atoms with E-state index in [0.29, 0.717) is 24.6 Å². The number of para-hydroxylation sites is 1. The van der Waals surface area contributed by atoms with E-state index < -0.39 is 5.97 Å². The zero-order valence-electron chi connectivity index (χ0n) is 19.7. The van der Waals surface area contributed by atoms with Gasteiger partial charge in [-0.25, -0.2) is 4.79 Å². The number of carboxylic acid groups (broad SMARTS) is 1. The Morgan fingerprint density at radius 1 is 1.09 bits per heavy atom. The molecule has 172 valence electrons. The zero-order valence-corrected chi connectivity index (χ0v) is 19.7. The van der Waals surface area contributed by atoms with Crippen LogP contribution in [-0.2, 0) is 6.54 Å². The molecule has 1 N–H and O–H groups in total. The smallest absolute Gasteiger partial charge is 0.335 e. The molecule has 5 nitrogen and oxygen atoms in total. The molecule has 2 heterocycles. The van der Waals surface area contributed by atoms with Crippen LogP contribution in [0.2, 0.25) is 0 Å². The fraction of sp³-hybridized carbons (Fsp3) is 0.393. The molecule has 1 fully saturated rings. The normalized spacial score (nSPS) is 18.0. The first-order chi connectivity index (χ1) is 16.0. The maximum atomic E-state index is 11.9. The third kappa shape index (κ3) is 3.79. The molecule has 5 rings (SSSR count). The predicted octanol–water partition coefficient (Wildman–Crippen LogP) is 6.28. The first kappa shape index (κ1) is 21.6. The summed E-state index contributed by atoms with van der Waals surface area (Å²) in [7, 11) is 4.11. The van der Waals surface area contributed by atoms with Crippen LogP contribution >= 0.6 is 0 Å². The zero-order chi connectivity index (χ0) is 23.1. The van der Waals surface area contributed by atoms with Crippen molar-refractivity contribution in [2.24, 2.45) is 0 Å². The van der Waals surface area contributed by atoms with Crippen molar-refractivity contribution in [1.82, 2.24) is 9.47 Å². The van der Waals surface area contributed by atoms with Gasteiger partial charge in [-0.1, -0.05) is 37.5 Å². The number of carboxylic acids is 1. The molecular formula is C28H32N2O3. The van der Waals surface area contributed by atoms with E-state index in [2.05, 4.69) is 48.7 Å². The minimum absolute atomic E-state index is 0.333. The van der Waals surface area contributed by atoms with E-state index >= 15 is 0 Å². The van der Waals surface area contributed by atoms with Crippen molar-refractivity contribution < 1.29 is 14.6 Å². The van der Waals surface area contributed by atoms with E-state index in [1.54, 1.807) is 6.07 Å². The molecule has 0 amide bonds. The Morgan fingerprint density at radius 3 is 2.58 bits per heavy atom. The summed E-state index contributed by atoms with van der Waals surface area (Å²) in [5, 5.41) is 10.9. The lowest BCUT2D eigenvalue weighted by molar-refractivity contribution is 0.0697. The predicted molar refractivity (Wildman–Crippen MR) is 132 cm³/mol. The number of aromatic nitrogens is 1. The molecule has 0 saturated heterocycles. The standard InChI is InChI=1S/C28H32N2O3/c1-18(29(2)3)21-16-30-24-15-20(28(31)32)13-14-22(24)26(19-9-5-4-6-10-19)27(30)23-11-7-8-12-25(23)33-17-21/h7-8,11-15,19H,4-6,9-10,16-17H2,1-3H3,(H,31,32)/b21-18-. The number of ether oxygens (including phenoxy) is 1. The molecule has 3 aromatic rings. The summed E-state index contributed by atoms with van der Waals surface area (Å²) in [5.74, 6) is 0.477. The van der Waals surface area contributed by atoms with E-state index in [4.69, 9.17) is 4.74 Å². The van der Waals surface area contributed by atoms with Gasteiger partial charge in [-0.2, -0.15) is 0 Å². The quantitative estimate of drug-likeness (QED) is 0.516. The lowest BCUT2D eigenvalue weighted by Crippen LogP contribution is -2.20. The van der Waals surface area contributed by atoms with Crippen molar-refractivity contribution in [1.29, 1.82) is 0 Å². The first-order valence-corrected chi connectivity index (χ1v) is 11.9. The van der Waals surface area contributed by atoms with Crippen molar-refractivity contribution in [2.45, 2.75) is 51.5 Å². The number of hydrogen-bond acceptors (Lipinski definition) is 3. The topological polar surface area (TPSA) is 54.7 Å². The largest absolute Gasteiger partial charge is 0.488 e. The number of rotatable bonds is 3. The molecule has 1 aromatic heterocycles. The van der Waals surface area contributed by atoms with Gasteiger partial charge in [-0.15, -0.1) is 0 Å². The van der Waals surface area contributed by atoms with Gasteiger partial charge in [-0.05, 0) is 55.5 Å². The number of aromatic carboxylic acids is 1. The summed E-state index contributed by atoms with van der Waals surface area (Å²) >= 11 is 0. The second-order valence-corrected chi connectivity index (χ2v) is 9.59. The SMILES string of the molecule is C/C(=C1/COc2ccccc2-c2c(C3CCCCC3)c3ccc(C(=O)O)cc3n2C1)N(C)C. The van der Waals surface area contributed by atoms with Crippen LogP contribution in [-0.4, -0.2) is 41.2 Å². The number of carbonyl (C=O) groups is 1. The fourth-order valence-corrected chi connectivity index (χ4v) is 5.49. The summed E-state index contributed by atoms with van der Waals surface area (Å²) in [6.07, 6.45) is 6.13. The van der Waals surface area contributed by atoms with E-state index in [9.17, 15) is 9.90 Å². The molecule has 0 radical (unpaired) electrons. The van der Waals surface area contributed by atoms with Crippen molar-refractivity contribution >= 4 is 16.9 Å². The molecule has 33 heavy (non-hydrogen) atoms. The summed E-state index contributed by atoms with van der Waals surface area (Å²) in [5.41, 5.74) is 7.37. The van der Waals surface area contributed by atoms with Crippen LogP contribution in [0.3, 0.4) is 0 Å². The van der Waals surface area contributed by atoms with E-state index in [1.807, 2.05) is 18.2 Å². The Morgan fingerprint density at radius 2 is 1.85 bits per heavy atom. The van der Waals surface area contributed by atoms with Gasteiger partial charge in [0, 0.05) is 48.4 Å². The van der Waals surface area contributed by atoms with Crippen LogP contribution in [0.25, 0.3) is 22.2 Å². The molecule has 2 aliphatic rings. The summed E-state index contributed by atoms with van der Waals surface area (Å²) < 4.78 is 8.73. The molecule has 2 aromatic carbocycles. The summed E-state index contributed by atoms with van der Waals surface area (Å²) in [6.45, 7) is 3.32. The van der Waals surface area contributed by atoms with Crippen LogP contribution in [0.15, 0.2) is 53.7 Å². The van der Waals surface area contributed by atoms with Crippen LogP contribution < -0.4 is 4.74 Å². The van der Waals surface area contributed by atoms with Crippen molar-refractivity contribution in [2.75, 3.05) is 20.7 Å². The number of allylic oxidation sites excluding steroid dienone is 1. The molecule has 1 saturated carbocycles. The molecule has 0 bridgehead atoms. The lowest BCUT2D eigenvalue weighted by atomic mass is 9.81. The van der Waals surface area contributed by atoms with Gasteiger partial charge in [0.25, 0.3) is 0 Å². The maximum absolute atomic E-state index is 11.9. The van der Waals surface area contributed by atoms with E-state index in [-0.39, 0.29) is 0 Å². The molecule has 0 atom stereocenters. The fourth-order valence-electron chi connectivity index (χ4n) is 5.49. The average molecular weight is 445 g/mol. The highest BCUT2D eigenvalue weighted by atomic mass is 16.5. The van der Waals surface area contributed by atoms with Gasteiger partial charge in [0.1, 0.15) is 12.4 Å². The van der Waals surface area contributed by atoms with Crippen LogP contribution in [0, 0.1) is 0 Å². The lowest BCUT2D eigenvalue weighted by Gasteiger charge is -2.27. The Labute approximate surface area is 195 Å². The van der Waals surface area contributed by atoms with Gasteiger partial charge in [0.2, 0.25) is 0 Å². The van der Waals surface area contributed by atoms with Crippen LogP contribution in [0.1, 0.15) is 60.9 Å². The molecule has 5 heteroatoms. The molecular weight excluding hydrogens is 412 g/mol. The monoisotopic (exact) mass is 444 g/mol. The second kappa shape index (κ2) is 8.62. The van der Waals surface area contributed by atoms with Gasteiger partial charge >= 0.3 is 5.97 Å². The minimum atomic E-state index is -0.888. The Kier molecular flexibility index (Phi) is 5.65. The molecule has 1 aliphatic heterocycles. The van der Waals surface area contributed by atoms with Crippen molar-refractivity contribution in [3.8, 4) is 17.0 Å². The molecule has 1 aliphatic carbocycles. The van der Waals surface area contributed by atoms with E-state index in [0.717, 1.165) is 16.8 Å². The van der Waals surface area contributed by atoms with Crippen molar-refractivity contribution in [3.63, 3.8) is 0 Å². The van der Waals surface area contributed by atoms with Gasteiger partial charge in [0.05, 0.1) is 11.3 Å². The van der Waals surface area contributed by atoms with Crippen LogP contribution in [0.5, 0.6) is 5.75 Å². The maximum Gasteiger partial charge on any atom is 0.335 e. The average Bonchev–Trinajstić information content (AvgIpc) is 3.13. The van der Waals surface area contributed by atoms with E-state index in [1.165, 1.54) is 60.0 Å². The second-order valence-electron chi connectivity index (χ2n) is 9.59. The number of fused-ring (bicyclic) bond motifs is 5. The van der Waals surface area contributed by atoms with Gasteiger partial charge in [0.15, 0.2) is 0 Å². The number of nitrogens with zero attached hydrogens (tertiary/aromatic N) is 2. The highest BCUT2D eigenvalue weighted by Gasteiger charge is 2.30. The Balaban J connectivity index is 1.86. The number of benzene rings is 2. The van der Waals surface area contributed by atoms with Gasteiger partial charge in [-0.3, -0.25) is 0 Å². The summed E-state index contributed by atoms with van der Waals surface area (Å²) in [4.78, 5) is 14.0. The van der Waals surface area contributed by atoms with Crippen molar-refractivity contribution in [3.05, 3.63) is 64.9 Å². The highest BCUT2D eigenvalue weighted by Crippen LogP contribution is 2.47. The Bertz CT molecular complexity index is 1250. The molecule has 0 spiro atoms. The number of hydrogen-bond donors (Lipinski definition) is 1. The third-order valence-electron chi connectivity index (χ3n) is 7.44. The Hall–Kier alpha value is -3.21. The highest BCUT2D eigenvalue weighted by molar-refractivity contribution is 5.98. The van der Waals surface area contributed by atoms with Gasteiger partial charge < -0.3 is 19.3 Å². The molecule has 0 unspecified atom stereocenters. The van der Waals surface area contributed by atoms with Crippen LogP contribution in [0.4, 0.5) is 0 Å². The first-order valence-electron chi connectivity index (χ1n) is 11.9. The summed E-state index contributed by atoms with van der Waals surface area (Å²) in [6, 6.07) is 14.0. The third-order valence-corrected chi connectivity index (χ3v) is 7.44. The minimum Gasteiger partial charge on any atom is -0.488 e.